The number of benzene rings is 3. The highest BCUT2D eigenvalue weighted by molar-refractivity contribution is 9.10. The zero-order chi connectivity index (χ0) is 26.8. The maximum absolute atomic E-state index is 13.7. The van der Waals surface area contributed by atoms with Gasteiger partial charge in [-0.3, -0.25) is 9.59 Å². The normalized spacial score (nSPS) is 12.5. The summed E-state index contributed by atoms with van der Waals surface area (Å²) in [5.74, 6) is 0.200. The Morgan fingerprint density at radius 2 is 1.68 bits per heavy atom. The van der Waals surface area contributed by atoms with Crippen molar-refractivity contribution in [3.05, 3.63) is 99.5 Å². The van der Waals surface area contributed by atoms with Crippen LogP contribution in [-0.4, -0.2) is 35.4 Å². The number of ether oxygens (including phenoxy) is 1. The molecule has 0 aromatic heterocycles. The molecule has 0 bridgehead atoms. The second-order valence-corrected chi connectivity index (χ2v) is 10.3. The summed E-state index contributed by atoms with van der Waals surface area (Å²) in [6.45, 7) is 8.26. The van der Waals surface area contributed by atoms with Gasteiger partial charge in [0, 0.05) is 19.0 Å². The van der Waals surface area contributed by atoms with Gasteiger partial charge >= 0.3 is 0 Å². The van der Waals surface area contributed by atoms with Crippen LogP contribution >= 0.6 is 15.9 Å². The number of carbonyl (C=O) groups excluding carboxylic acids is 2. The number of halogens is 1. The Hall–Kier alpha value is -3.12. The van der Waals surface area contributed by atoms with Crippen molar-refractivity contribution < 1.29 is 14.3 Å². The molecule has 5 nitrogen and oxygen atoms in total. The third-order valence-corrected chi connectivity index (χ3v) is 7.08. The van der Waals surface area contributed by atoms with Crippen LogP contribution in [0.5, 0.6) is 5.75 Å². The van der Waals surface area contributed by atoms with Crippen molar-refractivity contribution in [2.24, 2.45) is 0 Å². The Morgan fingerprint density at radius 1 is 0.946 bits per heavy atom. The number of nitrogens with one attached hydrogen (secondary N) is 1. The van der Waals surface area contributed by atoms with Crippen molar-refractivity contribution in [2.75, 3.05) is 6.61 Å². The molecule has 1 N–H and O–H groups in total. The van der Waals surface area contributed by atoms with Gasteiger partial charge in [0.05, 0.1) is 4.47 Å². The molecule has 0 heterocycles. The molecule has 37 heavy (non-hydrogen) atoms. The molecular weight excluding hydrogens is 528 g/mol. The van der Waals surface area contributed by atoms with Crippen molar-refractivity contribution in [1.29, 1.82) is 0 Å². The van der Waals surface area contributed by atoms with Crippen LogP contribution in [-0.2, 0) is 29.0 Å². The van der Waals surface area contributed by atoms with Gasteiger partial charge in [-0.05, 0) is 71.4 Å². The van der Waals surface area contributed by atoms with E-state index in [9.17, 15) is 9.59 Å². The predicted molar refractivity (Wildman–Crippen MR) is 153 cm³/mol. The fourth-order valence-electron chi connectivity index (χ4n) is 4.11. The molecule has 3 aromatic carbocycles. The molecule has 0 radical (unpaired) electrons. The standard InChI is InChI=1S/C31H37BrN2O3/c1-5-23(4)33-31(36)28(19-25-12-8-7-9-13-25)34(20-26-14-10-11-22(3)17-26)30(35)21-37-29-16-15-24(6-2)18-27(29)32/h7-18,23,28H,5-6,19-21H2,1-4H3,(H,33,36)/t23-,28+/m1/s1. The van der Waals surface area contributed by atoms with Crippen LogP contribution < -0.4 is 10.1 Å². The van der Waals surface area contributed by atoms with E-state index in [1.54, 1.807) is 4.90 Å². The zero-order valence-electron chi connectivity index (χ0n) is 22.2. The Morgan fingerprint density at radius 3 is 2.32 bits per heavy atom. The van der Waals surface area contributed by atoms with Gasteiger partial charge < -0.3 is 15.0 Å². The minimum absolute atomic E-state index is 0.00554. The van der Waals surface area contributed by atoms with Crippen LogP contribution in [0, 0.1) is 6.92 Å². The van der Waals surface area contributed by atoms with Gasteiger partial charge in [0.2, 0.25) is 5.91 Å². The number of nitrogens with zero attached hydrogens (tertiary/aromatic N) is 1. The highest BCUT2D eigenvalue weighted by Crippen LogP contribution is 2.26. The van der Waals surface area contributed by atoms with E-state index < -0.39 is 6.04 Å². The summed E-state index contributed by atoms with van der Waals surface area (Å²) in [5.41, 5.74) is 4.24. The van der Waals surface area contributed by atoms with Crippen LogP contribution in [0.15, 0.2) is 77.3 Å². The molecule has 0 unspecified atom stereocenters. The molecule has 2 atom stereocenters. The molecule has 0 aliphatic rings. The average Bonchev–Trinajstić information content (AvgIpc) is 2.90. The van der Waals surface area contributed by atoms with Crippen LogP contribution in [0.3, 0.4) is 0 Å². The predicted octanol–water partition coefficient (Wildman–Crippen LogP) is 6.25. The third-order valence-electron chi connectivity index (χ3n) is 6.46. The lowest BCUT2D eigenvalue weighted by atomic mass is 10.0. The van der Waals surface area contributed by atoms with Crippen molar-refractivity contribution >= 4 is 27.7 Å². The largest absolute Gasteiger partial charge is 0.483 e. The number of carbonyl (C=O) groups is 2. The maximum atomic E-state index is 13.7. The molecule has 0 fully saturated rings. The first-order valence-electron chi connectivity index (χ1n) is 12.9. The number of rotatable bonds is 12. The average molecular weight is 566 g/mol. The highest BCUT2D eigenvalue weighted by atomic mass is 79.9. The topological polar surface area (TPSA) is 58.6 Å². The van der Waals surface area contributed by atoms with Crippen molar-refractivity contribution in [3.8, 4) is 5.75 Å². The number of hydrogen-bond acceptors (Lipinski definition) is 3. The summed E-state index contributed by atoms with van der Waals surface area (Å²) in [4.78, 5) is 29.0. The highest BCUT2D eigenvalue weighted by Gasteiger charge is 2.31. The molecule has 0 saturated carbocycles. The molecule has 3 rings (SSSR count). The zero-order valence-corrected chi connectivity index (χ0v) is 23.8. The molecule has 0 saturated heterocycles. The molecule has 6 heteroatoms. The molecular formula is C31H37BrN2O3. The molecule has 0 aliphatic heterocycles. The van der Waals surface area contributed by atoms with E-state index in [0.29, 0.717) is 18.7 Å². The lowest BCUT2D eigenvalue weighted by Crippen LogP contribution is -2.53. The Labute approximate surface area is 229 Å². The van der Waals surface area contributed by atoms with Crippen LogP contribution in [0.25, 0.3) is 0 Å². The second kappa shape index (κ2) is 14.0. The fraction of sp³-hybridized carbons (Fsp3) is 0.355. The van der Waals surface area contributed by atoms with Gasteiger partial charge in [-0.15, -0.1) is 0 Å². The molecule has 0 aliphatic carbocycles. The first-order valence-corrected chi connectivity index (χ1v) is 13.7. The van der Waals surface area contributed by atoms with Crippen LogP contribution in [0.4, 0.5) is 0 Å². The summed E-state index contributed by atoms with van der Waals surface area (Å²) in [6.07, 6.45) is 2.13. The van der Waals surface area contributed by atoms with Crippen molar-refractivity contribution in [2.45, 2.75) is 65.6 Å². The van der Waals surface area contributed by atoms with E-state index in [-0.39, 0.29) is 24.5 Å². The van der Waals surface area contributed by atoms with Gasteiger partial charge in [0.1, 0.15) is 11.8 Å². The molecule has 3 aromatic rings. The minimum Gasteiger partial charge on any atom is -0.483 e. The quantitative estimate of drug-likeness (QED) is 0.282. The summed E-state index contributed by atoms with van der Waals surface area (Å²) < 4.78 is 6.76. The van der Waals surface area contributed by atoms with Gasteiger partial charge in [0.25, 0.3) is 5.91 Å². The Balaban J connectivity index is 1.92. The third kappa shape index (κ3) is 8.46. The smallest absolute Gasteiger partial charge is 0.261 e. The first kappa shape index (κ1) is 28.5. The van der Waals surface area contributed by atoms with Crippen LogP contribution in [0.2, 0.25) is 0 Å². The molecule has 0 spiro atoms. The van der Waals surface area contributed by atoms with Crippen molar-refractivity contribution in [3.63, 3.8) is 0 Å². The molecule has 196 valence electrons. The fourth-order valence-corrected chi connectivity index (χ4v) is 4.65. The monoisotopic (exact) mass is 564 g/mol. The van der Waals surface area contributed by atoms with E-state index in [4.69, 9.17) is 4.74 Å². The number of hydrogen-bond donors (Lipinski definition) is 1. The van der Waals surface area contributed by atoms with E-state index >= 15 is 0 Å². The van der Waals surface area contributed by atoms with E-state index in [2.05, 4.69) is 28.2 Å². The minimum atomic E-state index is -0.682. The lowest BCUT2D eigenvalue weighted by molar-refractivity contribution is -0.143. The van der Waals surface area contributed by atoms with Crippen LogP contribution in [0.1, 0.15) is 49.4 Å². The Bertz CT molecular complexity index is 1180. The van der Waals surface area contributed by atoms with E-state index in [1.807, 2.05) is 93.6 Å². The Kier molecular flexibility index (Phi) is 10.8. The summed E-state index contributed by atoms with van der Waals surface area (Å²) in [5, 5.41) is 3.10. The number of amides is 2. The molecule has 2 amide bonds. The van der Waals surface area contributed by atoms with Gasteiger partial charge in [-0.1, -0.05) is 80.1 Å². The number of aryl methyl sites for hydroxylation is 2. The summed E-state index contributed by atoms with van der Waals surface area (Å²) in [7, 11) is 0. The summed E-state index contributed by atoms with van der Waals surface area (Å²) in [6, 6.07) is 23.0. The lowest BCUT2D eigenvalue weighted by Gasteiger charge is -2.32. The van der Waals surface area contributed by atoms with E-state index in [0.717, 1.165) is 34.0 Å². The van der Waals surface area contributed by atoms with Crippen molar-refractivity contribution in [1.82, 2.24) is 10.2 Å². The second-order valence-electron chi connectivity index (χ2n) is 9.44. The summed E-state index contributed by atoms with van der Waals surface area (Å²) >= 11 is 3.55. The van der Waals surface area contributed by atoms with Gasteiger partial charge in [-0.25, -0.2) is 0 Å². The SMILES string of the molecule is CCc1ccc(OCC(=O)N(Cc2cccc(C)c2)[C@@H](Cc2ccccc2)C(=O)N[C@H](C)CC)c(Br)c1. The van der Waals surface area contributed by atoms with E-state index in [1.165, 1.54) is 5.56 Å². The van der Waals surface area contributed by atoms with Gasteiger partial charge in [0.15, 0.2) is 6.61 Å². The van der Waals surface area contributed by atoms with Gasteiger partial charge in [-0.2, -0.15) is 0 Å². The first-order chi connectivity index (χ1) is 17.8. The maximum Gasteiger partial charge on any atom is 0.261 e.